The first-order valence-electron chi connectivity index (χ1n) is 7.75. The number of rotatable bonds is 7. The zero-order valence-electron chi connectivity index (χ0n) is 12.4. The van der Waals surface area contributed by atoms with Gasteiger partial charge < -0.3 is 10.2 Å². The van der Waals surface area contributed by atoms with Gasteiger partial charge in [0.05, 0.1) is 0 Å². The van der Waals surface area contributed by atoms with Gasteiger partial charge in [0.25, 0.3) is 0 Å². The van der Waals surface area contributed by atoms with Gasteiger partial charge in [-0.1, -0.05) is 50.1 Å². The molecular formula is C17H28N2. The standard InChI is InChI=1S/C17H28N2/c1-3-18-17(16-11-7-8-12-16)14-19(2)13-15-9-5-4-6-10-15/h4-6,9-10,16-18H,3,7-8,11-14H2,1-2H3. The molecule has 0 saturated heterocycles. The minimum absolute atomic E-state index is 0.668. The fourth-order valence-electron chi connectivity index (χ4n) is 3.30. The molecule has 1 fully saturated rings. The Kier molecular flexibility index (Phi) is 5.87. The van der Waals surface area contributed by atoms with E-state index in [4.69, 9.17) is 0 Å². The van der Waals surface area contributed by atoms with Crippen molar-refractivity contribution in [2.24, 2.45) is 5.92 Å². The minimum Gasteiger partial charge on any atom is -0.313 e. The van der Waals surface area contributed by atoms with E-state index in [9.17, 15) is 0 Å². The third-order valence-electron chi connectivity index (χ3n) is 4.24. The Morgan fingerprint density at radius 3 is 2.53 bits per heavy atom. The van der Waals surface area contributed by atoms with E-state index < -0.39 is 0 Å². The van der Waals surface area contributed by atoms with Crippen molar-refractivity contribution in [3.63, 3.8) is 0 Å². The highest BCUT2D eigenvalue weighted by Gasteiger charge is 2.25. The van der Waals surface area contributed by atoms with Crippen molar-refractivity contribution in [2.75, 3.05) is 20.1 Å². The number of hydrogen-bond acceptors (Lipinski definition) is 2. The lowest BCUT2D eigenvalue weighted by molar-refractivity contribution is 0.237. The molecule has 0 amide bonds. The largest absolute Gasteiger partial charge is 0.313 e. The first kappa shape index (κ1) is 14.5. The van der Waals surface area contributed by atoms with Crippen LogP contribution in [0.25, 0.3) is 0 Å². The second-order valence-electron chi connectivity index (χ2n) is 5.89. The summed E-state index contributed by atoms with van der Waals surface area (Å²) in [4.78, 5) is 2.46. The van der Waals surface area contributed by atoms with E-state index in [2.05, 4.69) is 54.5 Å². The van der Waals surface area contributed by atoms with Crippen LogP contribution in [0.3, 0.4) is 0 Å². The molecule has 2 nitrogen and oxygen atoms in total. The molecule has 0 bridgehead atoms. The van der Waals surface area contributed by atoms with Gasteiger partial charge in [-0.2, -0.15) is 0 Å². The van der Waals surface area contributed by atoms with Crippen LogP contribution in [0.15, 0.2) is 30.3 Å². The summed E-state index contributed by atoms with van der Waals surface area (Å²) in [6.07, 6.45) is 5.68. The number of benzene rings is 1. The summed E-state index contributed by atoms with van der Waals surface area (Å²) in [5, 5.41) is 3.70. The second kappa shape index (κ2) is 7.66. The van der Waals surface area contributed by atoms with E-state index >= 15 is 0 Å². The fraction of sp³-hybridized carbons (Fsp3) is 0.647. The molecule has 1 aliphatic carbocycles. The Bertz CT molecular complexity index is 344. The van der Waals surface area contributed by atoms with Crippen LogP contribution in [0.2, 0.25) is 0 Å². The van der Waals surface area contributed by atoms with Gasteiger partial charge in [0.2, 0.25) is 0 Å². The van der Waals surface area contributed by atoms with E-state index in [0.29, 0.717) is 6.04 Å². The van der Waals surface area contributed by atoms with Crippen molar-refractivity contribution in [3.8, 4) is 0 Å². The second-order valence-corrected chi connectivity index (χ2v) is 5.89. The molecule has 106 valence electrons. The Hall–Kier alpha value is -0.860. The Balaban J connectivity index is 1.85. The SMILES string of the molecule is CCNC(CN(C)Cc1ccccc1)C1CCCC1. The normalized spacial score (nSPS) is 18.1. The molecule has 0 radical (unpaired) electrons. The van der Waals surface area contributed by atoms with Gasteiger partial charge in [-0.3, -0.25) is 0 Å². The lowest BCUT2D eigenvalue weighted by Gasteiger charge is -2.29. The van der Waals surface area contributed by atoms with Crippen LogP contribution in [0.5, 0.6) is 0 Å². The van der Waals surface area contributed by atoms with Crippen LogP contribution in [0, 0.1) is 5.92 Å². The highest BCUT2D eigenvalue weighted by Crippen LogP contribution is 2.28. The molecule has 2 rings (SSSR count). The number of nitrogens with zero attached hydrogens (tertiary/aromatic N) is 1. The van der Waals surface area contributed by atoms with E-state index in [1.807, 2.05) is 0 Å². The zero-order valence-corrected chi connectivity index (χ0v) is 12.4. The van der Waals surface area contributed by atoms with E-state index in [-0.39, 0.29) is 0 Å². The molecule has 1 aromatic carbocycles. The monoisotopic (exact) mass is 260 g/mol. The van der Waals surface area contributed by atoms with Crippen molar-refractivity contribution in [2.45, 2.75) is 45.2 Å². The molecule has 1 N–H and O–H groups in total. The van der Waals surface area contributed by atoms with E-state index in [1.165, 1.54) is 31.2 Å². The molecule has 1 unspecified atom stereocenters. The van der Waals surface area contributed by atoms with Gasteiger partial charge in [-0.05, 0) is 37.9 Å². The average molecular weight is 260 g/mol. The molecule has 1 saturated carbocycles. The Morgan fingerprint density at radius 2 is 1.89 bits per heavy atom. The molecule has 2 heteroatoms. The first-order valence-corrected chi connectivity index (χ1v) is 7.75. The summed E-state index contributed by atoms with van der Waals surface area (Å²) in [5.41, 5.74) is 1.41. The van der Waals surface area contributed by atoms with Crippen molar-refractivity contribution < 1.29 is 0 Å². The zero-order chi connectivity index (χ0) is 13.5. The van der Waals surface area contributed by atoms with Crippen molar-refractivity contribution in [1.29, 1.82) is 0 Å². The van der Waals surface area contributed by atoms with Crippen molar-refractivity contribution >= 4 is 0 Å². The van der Waals surface area contributed by atoms with Crippen molar-refractivity contribution in [1.82, 2.24) is 10.2 Å². The third kappa shape index (κ3) is 4.63. The molecular weight excluding hydrogens is 232 g/mol. The predicted octanol–water partition coefficient (Wildman–Crippen LogP) is 3.29. The highest BCUT2D eigenvalue weighted by molar-refractivity contribution is 5.14. The van der Waals surface area contributed by atoms with Gasteiger partial charge >= 0.3 is 0 Å². The first-order chi connectivity index (χ1) is 9.29. The summed E-state index contributed by atoms with van der Waals surface area (Å²) < 4.78 is 0. The average Bonchev–Trinajstić information content (AvgIpc) is 2.93. The summed E-state index contributed by atoms with van der Waals surface area (Å²) in [5.74, 6) is 0.887. The lowest BCUT2D eigenvalue weighted by Crippen LogP contribution is -2.43. The summed E-state index contributed by atoms with van der Waals surface area (Å²) in [6.45, 7) is 5.52. The molecule has 1 aliphatic rings. The van der Waals surface area contributed by atoms with Crippen LogP contribution in [0.4, 0.5) is 0 Å². The molecule has 1 aromatic rings. The summed E-state index contributed by atoms with van der Waals surface area (Å²) in [7, 11) is 2.24. The van der Waals surface area contributed by atoms with Crippen LogP contribution in [-0.2, 0) is 6.54 Å². The smallest absolute Gasteiger partial charge is 0.0231 e. The van der Waals surface area contributed by atoms with E-state index in [1.54, 1.807) is 0 Å². The lowest BCUT2D eigenvalue weighted by atomic mass is 9.97. The fourth-order valence-corrected chi connectivity index (χ4v) is 3.30. The summed E-state index contributed by atoms with van der Waals surface area (Å²) >= 11 is 0. The van der Waals surface area contributed by atoms with Gasteiger partial charge in [-0.15, -0.1) is 0 Å². The van der Waals surface area contributed by atoms with Gasteiger partial charge in [0, 0.05) is 19.1 Å². The van der Waals surface area contributed by atoms with Gasteiger partial charge in [-0.25, -0.2) is 0 Å². The molecule has 19 heavy (non-hydrogen) atoms. The highest BCUT2D eigenvalue weighted by atomic mass is 15.1. The maximum absolute atomic E-state index is 3.70. The van der Waals surface area contributed by atoms with Crippen LogP contribution >= 0.6 is 0 Å². The van der Waals surface area contributed by atoms with Gasteiger partial charge in [0.15, 0.2) is 0 Å². The van der Waals surface area contributed by atoms with Crippen LogP contribution in [-0.4, -0.2) is 31.1 Å². The Labute approximate surface area is 118 Å². The third-order valence-corrected chi connectivity index (χ3v) is 4.24. The molecule has 1 atom stereocenters. The quantitative estimate of drug-likeness (QED) is 0.809. The molecule has 0 heterocycles. The topological polar surface area (TPSA) is 15.3 Å². The van der Waals surface area contributed by atoms with Crippen LogP contribution in [0.1, 0.15) is 38.2 Å². The van der Waals surface area contributed by atoms with Crippen LogP contribution < -0.4 is 5.32 Å². The Morgan fingerprint density at radius 1 is 1.21 bits per heavy atom. The molecule has 0 aliphatic heterocycles. The molecule has 0 spiro atoms. The maximum atomic E-state index is 3.70. The maximum Gasteiger partial charge on any atom is 0.0231 e. The number of nitrogens with one attached hydrogen (secondary N) is 1. The summed E-state index contributed by atoms with van der Waals surface area (Å²) in [6, 6.07) is 11.4. The minimum atomic E-state index is 0.668. The number of likely N-dealkylation sites (N-methyl/N-ethyl adjacent to an activating group) is 2. The predicted molar refractivity (Wildman–Crippen MR) is 82.2 cm³/mol. The number of hydrogen-bond donors (Lipinski definition) is 1. The van der Waals surface area contributed by atoms with Gasteiger partial charge in [0.1, 0.15) is 0 Å². The van der Waals surface area contributed by atoms with Crippen molar-refractivity contribution in [3.05, 3.63) is 35.9 Å². The molecule has 0 aromatic heterocycles. The van der Waals surface area contributed by atoms with E-state index in [0.717, 1.165) is 25.6 Å².